The van der Waals surface area contributed by atoms with Crippen LogP contribution in [0, 0.1) is 5.82 Å². The van der Waals surface area contributed by atoms with Gasteiger partial charge in [-0.3, -0.25) is 0 Å². The molecule has 0 spiro atoms. The summed E-state index contributed by atoms with van der Waals surface area (Å²) in [5, 5.41) is 15.6. The number of hydrogen-bond acceptors (Lipinski definition) is 3. The molecule has 0 aromatic heterocycles. The number of nitrogens with zero attached hydrogens (tertiary/aromatic N) is 1. The highest BCUT2D eigenvalue weighted by Gasteiger charge is 2.08. The van der Waals surface area contributed by atoms with Crippen molar-refractivity contribution < 1.29 is 9.60 Å². The van der Waals surface area contributed by atoms with Crippen LogP contribution in [0.2, 0.25) is 5.02 Å². The molecule has 4 N–H and O–H groups in total. The quantitative estimate of drug-likeness (QED) is 0.344. The van der Waals surface area contributed by atoms with Crippen LogP contribution in [-0.2, 0) is 13.1 Å². The number of benzene rings is 2. The molecule has 0 aliphatic rings. The first-order valence-electron chi connectivity index (χ1n) is 6.31. The van der Waals surface area contributed by atoms with E-state index in [0.29, 0.717) is 23.7 Å². The standard InChI is InChI=1S/C15H15ClFN3O/c16-12-4-1-10(2-5-12)8-19-9-11-3-6-13(17)7-14(11)15(18)20-21/h1-7,19,21H,8-9H2,(H2,18,20). The maximum atomic E-state index is 13.2. The second kappa shape index (κ2) is 7.06. The molecule has 0 bridgehead atoms. The second-order valence-electron chi connectivity index (χ2n) is 4.52. The fraction of sp³-hybridized carbons (Fsp3) is 0.133. The van der Waals surface area contributed by atoms with Gasteiger partial charge in [-0.15, -0.1) is 0 Å². The van der Waals surface area contributed by atoms with Crippen LogP contribution in [0.15, 0.2) is 47.6 Å². The normalized spacial score (nSPS) is 11.6. The summed E-state index contributed by atoms with van der Waals surface area (Å²) in [7, 11) is 0. The Labute approximate surface area is 127 Å². The van der Waals surface area contributed by atoms with Gasteiger partial charge in [-0.2, -0.15) is 0 Å². The fourth-order valence-electron chi connectivity index (χ4n) is 1.94. The van der Waals surface area contributed by atoms with Crippen molar-refractivity contribution in [3.63, 3.8) is 0 Å². The molecule has 21 heavy (non-hydrogen) atoms. The Kier molecular flexibility index (Phi) is 5.14. The predicted molar refractivity (Wildman–Crippen MR) is 80.9 cm³/mol. The Morgan fingerprint density at radius 1 is 1.19 bits per heavy atom. The van der Waals surface area contributed by atoms with Crippen LogP contribution >= 0.6 is 11.6 Å². The molecule has 6 heteroatoms. The van der Waals surface area contributed by atoms with Gasteiger partial charge in [0.05, 0.1) is 0 Å². The first-order valence-corrected chi connectivity index (χ1v) is 6.69. The van der Waals surface area contributed by atoms with E-state index in [2.05, 4.69) is 10.5 Å². The van der Waals surface area contributed by atoms with Gasteiger partial charge >= 0.3 is 0 Å². The zero-order chi connectivity index (χ0) is 15.2. The smallest absolute Gasteiger partial charge is 0.170 e. The van der Waals surface area contributed by atoms with Gasteiger partial charge in [0.15, 0.2) is 5.84 Å². The molecule has 0 aliphatic heterocycles. The van der Waals surface area contributed by atoms with Crippen molar-refractivity contribution in [3.05, 3.63) is 70.0 Å². The Morgan fingerprint density at radius 2 is 1.90 bits per heavy atom. The third kappa shape index (κ3) is 4.18. The highest BCUT2D eigenvalue weighted by Crippen LogP contribution is 2.12. The predicted octanol–water partition coefficient (Wildman–Crippen LogP) is 2.86. The van der Waals surface area contributed by atoms with Crippen molar-refractivity contribution in [2.24, 2.45) is 10.9 Å². The largest absolute Gasteiger partial charge is 0.409 e. The van der Waals surface area contributed by atoms with E-state index in [1.54, 1.807) is 6.07 Å². The lowest BCUT2D eigenvalue weighted by molar-refractivity contribution is 0.318. The molecule has 0 unspecified atom stereocenters. The topological polar surface area (TPSA) is 70.6 Å². The minimum absolute atomic E-state index is 0.113. The fourth-order valence-corrected chi connectivity index (χ4v) is 2.06. The lowest BCUT2D eigenvalue weighted by Crippen LogP contribution is -2.20. The number of nitrogens with two attached hydrogens (primary N) is 1. The van der Waals surface area contributed by atoms with E-state index in [-0.39, 0.29) is 5.84 Å². The van der Waals surface area contributed by atoms with Gasteiger partial charge in [-0.25, -0.2) is 4.39 Å². The van der Waals surface area contributed by atoms with Crippen LogP contribution in [0.25, 0.3) is 0 Å². The number of oxime groups is 1. The third-order valence-corrected chi connectivity index (χ3v) is 3.27. The molecular formula is C15H15ClFN3O. The SMILES string of the molecule is NC(=NO)c1cc(F)ccc1CNCc1ccc(Cl)cc1. The van der Waals surface area contributed by atoms with Gasteiger partial charge < -0.3 is 16.3 Å². The monoisotopic (exact) mass is 307 g/mol. The Balaban J connectivity index is 2.04. The van der Waals surface area contributed by atoms with Crippen molar-refractivity contribution in [1.29, 1.82) is 0 Å². The maximum absolute atomic E-state index is 13.2. The van der Waals surface area contributed by atoms with Gasteiger partial charge in [0.25, 0.3) is 0 Å². The summed E-state index contributed by atoms with van der Waals surface area (Å²) in [4.78, 5) is 0. The van der Waals surface area contributed by atoms with Crippen LogP contribution < -0.4 is 11.1 Å². The van der Waals surface area contributed by atoms with Crippen molar-refractivity contribution in [2.45, 2.75) is 13.1 Å². The Hall–Kier alpha value is -2.11. The molecule has 0 saturated carbocycles. The van der Waals surface area contributed by atoms with Crippen LogP contribution in [0.1, 0.15) is 16.7 Å². The summed E-state index contributed by atoms with van der Waals surface area (Å²) < 4.78 is 13.2. The molecule has 2 rings (SSSR count). The number of halogens is 2. The molecular weight excluding hydrogens is 293 g/mol. The minimum atomic E-state index is -0.432. The average Bonchev–Trinajstić information content (AvgIpc) is 2.50. The summed E-state index contributed by atoms with van der Waals surface area (Å²) in [5.41, 5.74) is 7.76. The summed E-state index contributed by atoms with van der Waals surface area (Å²) in [5.74, 6) is -0.546. The number of nitrogens with one attached hydrogen (secondary N) is 1. The van der Waals surface area contributed by atoms with E-state index in [0.717, 1.165) is 11.1 Å². The van der Waals surface area contributed by atoms with E-state index in [4.69, 9.17) is 22.5 Å². The van der Waals surface area contributed by atoms with E-state index in [9.17, 15) is 4.39 Å². The van der Waals surface area contributed by atoms with Gasteiger partial charge in [0.2, 0.25) is 0 Å². The van der Waals surface area contributed by atoms with Gasteiger partial charge in [-0.05, 0) is 35.4 Å². The highest BCUT2D eigenvalue weighted by molar-refractivity contribution is 6.30. The summed E-state index contributed by atoms with van der Waals surface area (Å²) in [6.45, 7) is 1.10. The minimum Gasteiger partial charge on any atom is -0.409 e. The lowest BCUT2D eigenvalue weighted by Gasteiger charge is -2.10. The molecule has 0 atom stereocenters. The van der Waals surface area contributed by atoms with Gasteiger partial charge in [0, 0.05) is 23.7 Å². The van der Waals surface area contributed by atoms with Crippen LogP contribution in [0.3, 0.4) is 0 Å². The van der Waals surface area contributed by atoms with Crippen molar-refractivity contribution >= 4 is 17.4 Å². The van der Waals surface area contributed by atoms with Crippen molar-refractivity contribution in [2.75, 3.05) is 0 Å². The molecule has 0 aliphatic carbocycles. The Morgan fingerprint density at radius 3 is 2.57 bits per heavy atom. The summed E-state index contributed by atoms with van der Waals surface area (Å²) >= 11 is 5.82. The van der Waals surface area contributed by atoms with Gasteiger partial charge in [0.1, 0.15) is 5.82 Å². The second-order valence-corrected chi connectivity index (χ2v) is 4.95. The molecule has 110 valence electrons. The number of hydrogen-bond donors (Lipinski definition) is 3. The third-order valence-electron chi connectivity index (χ3n) is 3.01. The Bertz CT molecular complexity index is 644. The molecule has 2 aromatic carbocycles. The molecule has 0 radical (unpaired) electrons. The van der Waals surface area contributed by atoms with Crippen LogP contribution in [0.5, 0.6) is 0 Å². The average molecular weight is 308 g/mol. The molecule has 0 saturated heterocycles. The first-order chi connectivity index (χ1) is 10.1. The molecule has 0 amide bonds. The van der Waals surface area contributed by atoms with E-state index < -0.39 is 5.82 Å². The zero-order valence-electron chi connectivity index (χ0n) is 11.2. The van der Waals surface area contributed by atoms with Gasteiger partial charge in [-0.1, -0.05) is 35.0 Å². The zero-order valence-corrected chi connectivity index (χ0v) is 11.9. The number of rotatable bonds is 5. The molecule has 4 nitrogen and oxygen atoms in total. The van der Waals surface area contributed by atoms with E-state index >= 15 is 0 Å². The first kappa shape index (κ1) is 15.3. The number of amidine groups is 1. The van der Waals surface area contributed by atoms with Crippen LogP contribution in [0.4, 0.5) is 4.39 Å². The van der Waals surface area contributed by atoms with Crippen molar-refractivity contribution in [3.8, 4) is 0 Å². The highest BCUT2D eigenvalue weighted by atomic mass is 35.5. The molecule has 0 fully saturated rings. The molecule has 2 aromatic rings. The molecule has 0 heterocycles. The van der Waals surface area contributed by atoms with E-state index in [1.807, 2.05) is 24.3 Å². The summed E-state index contributed by atoms with van der Waals surface area (Å²) in [6.07, 6.45) is 0. The van der Waals surface area contributed by atoms with Crippen LogP contribution in [-0.4, -0.2) is 11.0 Å². The maximum Gasteiger partial charge on any atom is 0.170 e. The van der Waals surface area contributed by atoms with Crippen molar-refractivity contribution in [1.82, 2.24) is 5.32 Å². The lowest BCUT2D eigenvalue weighted by atomic mass is 10.1. The van der Waals surface area contributed by atoms with E-state index in [1.165, 1.54) is 12.1 Å². The summed E-state index contributed by atoms with van der Waals surface area (Å²) in [6, 6.07) is 11.7.